The van der Waals surface area contributed by atoms with Crippen LogP contribution in [0.1, 0.15) is 35.6 Å². The van der Waals surface area contributed by atoms with Gasteiger partial charge in [0.2, 0.25) is 5.91 Å². The van der Waals surface area contributed by atoms with Crippen molar-refractivity contribution in [3.8, 4) is 16.9 Å². The third-order valence-electron chi connectivity index (χ3n) is 5.95. The minimum atomic E-state index is -4.74. The van der Waals surface area contributed by atoms with Crippen LogP contribution in [0.15, 0.2) is 66.7 Å². The summed E-state index contributed by atoms with van der Waals surface area (Å²) in [7, 11) is 1.27. The maximum atomic E-state index is 13.6. The van der Waals surface area contributed by atoms with Crippen LogP contribution in [0.4, 0.5) is 13.2 Å². The Morgan fingerprint density at radius 1 is 0.944 bits per heavy atom. The van der Waals surface area contributed by atoms with Gasteiger partial charge in [-0.25, -0.2) is 0 Å². The number of aryl methyl sites for hydroxylation is 1. The van der Waals surface area contributed by atoms with E-state index in [2.05, 4.69) is 0 Å². The highest BCUT2D eigenvalue weighted by Gasteiger charge is 2.35. The first kappa shape index (κ1) is 26.8. The second-order valence-corrected chi connectivity index (χ2v) is 8.33. The molecule has 36 heavy (non-hydrogen) atoms. The Labute approximate surface area is 208 Å². The predicted molar refractivity (Wildman–Crippen MR) is 131 cm³/mol. The van der Waals surface area contributed by atoms with Crippen LogP contribution in [0.2, 0.25) is 0 Å². The Morgan fingerprint density at radius 3 is 2.22 bits per heavy atom. The van der Waals surface area contributed by atoms with E-state index in [0.717, 1.165) is 11.6 Å². The number of alkyl halides is 3. The van der Waals surface area contributed by atoms with E-state index in [1.54, 1.807) is 29.2 Å². The zero-order valence-corrected chi connectivity index (χ0v) is 20.1. The van der Waals surface area contributed by atoms with E-state index in [1.807, 2.05) is 37.3 Å². The first-order valence-electron chi connectivity index (χ1n) is 11.5. The van der Waals surface area contributed by atoms with Gasteiger partial charge in [0.05, 0.1) is 19.1 Å². The van der Waals surface area contributed by atoms with Crippen molar-refractivity contribution in [1.29, 1.82) is 0 Å². The van der Waals surface area contributed by atoms with Crippen molar-refractivity contribution in [2.45, 2.75) is 38.9 Å². The van der Waals surface area contributed by atoms with Gasteiger partial charge in [-0.3, -0.25) is 9.59 Å². The number of ether oxygens (including phenoxy) is 1. The molecule has 0 bridgehead atoms. The lowest BCUT2D eigenvalue weighted by Gasteiger charge is -2.24. The molecule has 0 unspecified atom stereocenters. The molecule has 0 aliphatic heterocycles. The van der Waals surface area contributed by atoms with Gasteiger partial charge < -0.3 is 14.7 Å². The summed E-state index contributed by atoms with van der Waals surface area (Å²) in [6, 6.07) is 18.8. The average Bonchev–Trinajstić information content (AvgIpc) is 2.85. The molecule has 1 N–H and O–H groups in total. The number of nitrogens with zero attached hydrogens (tertiary/aromatic N) is 1. The fourth-order valence-corrected chi connectivity index (χ4v) is 4.13. The highest BCUT2D eigenvalue weighted by molar-refractivity contribution is 5.79. The molecular formula is C28H28F3NO4. The Morgan fingerprint density at radius 2 is 1.61 bits per heavy atom. The Hall–Kier alpha value is -3.81. The second kappa shape index (κ2) is 11.7. The lowest BCUT2D eigenvalue weighted by Crippen LogP contribution is -2.30. The van der Waals surface area contributed by atoms with Crippen LogP contribution in [0.25, 0.3) is 11.1 Å². The number of carbonyl (C=O) groups is 2. The monoisotopic (exact) mass is 499 g/mol. The quantitative estimate of drug-likeness (QED) is 0.372. The van der Waals surface area contributed by atoms with Crippen LogP contribution in [0.3, 0.4) is 0 Å². The van der Waals surface area contributed by atoms with Crippen LogP contribution in [-0.4, -0.2) is 35.5 Å². The number of carboxylic acid groups (broad SMARTS) is 1. The molecule has 3 rings (SSSR count). The third-order valence-corrected chi connectivity index (χ3v) is 5.95. The number of amides is 1. The van der Waals surface area contributed by atoms with Crippen molar-refractivity contribution >= 4 is 11.9 Å². The minimum absolute atomic E-state index is 0.0256. The van der Waals surface area contributed by atoms with E-state index in [4.69, 9.17) is 4.74 Å². The van der Waals surface area contributed by atoms with Gasteiger partial charge in [0.15, 0.2) is 0 Å². The lowest BCUT2D eigenvalue weighted by molar-refractivity contribution is -0.139. The molecule has 3 aromatic carbocycles. The molecule has 0 aliphatic rings. The first-order chi connectivity index (χ1) is 17.1. The Balaban J connectivity index is 1.96. The summed E-state index contributed by atoms with van der Waals surface area (Å²) in [5.41, 5.74) is 1.28. The maximum Gasteiger partial charge on any atom is 0.416 e. The van der Waals surface area contributed by atoms with Crippen molar-refractivity contribution < 1.29 is 32.6 Å². The zero-order valence-electron chi connectivity index (χ0n) is 20.1. The van der Waals surface area contributed by atoms with Gasteiger partial charge in [0.25, 0.3) is 0 Å². The number of carboxylic acids is 1. The summed E-state index contributed by atoms with van der Waals surface area (Å²) >= 11 is 0. The summed E-state index contributed by atoms with van der Waals surface area (Å²) in [4.78, 5) is 26.0. The summed E-state index contributed by atoms with van der Waals surface area (Å²) in [5, 5.41) is 9.20. The number of rotatable bonds is 10. The first-order valence-corrected chi connectivity index (χ1v) is 11.5. The molecule has 8 heteroatoms. The predicted octanol–water partition coefficient (Wildman–Crippen LogP) is 5.99. The van der Waals surface area contributed by atoms with E-state index in [0.29, 0.717) is 36.1 Å². The number of halogens is 3. The van der Waals surface area contributed by atoms with Crippen molar-refractivity contribution in [2.24, 2.45) is 0 Å². The number of aliphatic carboxylic acids is 1. The molecule has 0 radical (unpaired) electrons. The average molecular weight is 500 g/mol. The largest absolute Gasteiger partial charge is 0.496 e. The van der Waals surface area contributed by atoms with Gasteiger partial charge in [-0.05, 0) is 47.7 Å². The minimum Gasteiger partial charge on any atom is -0.496 e. The molecule has 190 valence electrons. The molecule has 0 heterocycles. The molecule has 0 aliphatic carbocycles. The number of benzene rings is 3. The summed E-state index contributed by atoms with van der Waals surface area (Å²) < 4.78 is 46.2. The molecule has 5 nitrogen and oxygen atoms in total. The molecule has 0 aromatic heterocycles. The number of methoxy groups -OCH3 is 1. The highest BCUT2D eigenvalue weighted by atomic mass is 19.4. The summed E-state index contributed by atoms with van der Waals surface area (Å²) in [6.45, 7) is 2.57. The maximum absolute atomic E-state index is 13.6. The van der Waals surface area contributed by atoms with Gasteiger partial charge in [-0.15, -0.1) is 0 Å². The summed E-state index contributed by atoms with van der Waals surface area (Å²) in [6.07, 6.45) is -4.59. The van der Waals surface area contributed by atoms with Gasteiger partial charge in [-0.2, -0.15) is 13.2 Å². The van der Waals surface area contributed by atoms with Gasteiger partial charge in [0, 0.05) is 25.1 Å². The molecular weight excluding hydrogens is 471 g/mol. The molecule has 3 aromatic rings. The van der Waals surface area contributed by atoms with E-state index in [-0.39, 0.29) is 23.8 Å². The van der Waals surface area contributed by atoms with E-state index < -0.39 is 24.1 Å². The van der Waals surface area contributed by atoms with Crippen LogP contribution in [0.5, 0.6) is 5.75 Å². The second-order valence-electron chi connectivity index (χ2n) is 8.33. The summed E-state index contributed by atoms with van der Waals surface area (Å²) in [5.74, 6) is -1.43. The topological polar surface area (TPSA) is 66.8 Å². The Bertz CT molecular complexity index is 1210. The fourth-order valence-electron chi connectivity index (χ4n) is 4.13. The zero-order chi connectivity index (χ0) is 26.3. The van der Waals surface area contributed by atoms with Gasteiger partial charge in [0.1, 0.15) is 5.75 Å². The lowest BCUT2D eigenvalue weighted by atomic mass is 9.93. The van der Waals surface area contributed by atoms with Crippen LogP contribution in [0, 0.1) is 0 Å². The fraction of sp³-hybridized carbons (Fsp3) is 0.286. The van der Waals surface area contributed by atoms with Gasteiger partial charge in [-0.1, -0.05) is 54.6 Å². The van der Waals surface area contributed by atoms with Crippen LogP contribution in [-0.2, 0) is 35.2 Å². The normalized spacial score (nSPS) is 11.2. The van der Waals surface area contributed by atoms with Crippen LogP contribution >= 0.6 is 0 Å². The molecule has 0 fully saturated rings. The molecule has 0 saturated carbocycles. The van der Waals surface area contributed by atoms with Crippen molar-refractivity contribution in [3.63, 3.8) is 0 Å². The van der Waals surface area contributed by atoms with E-state index in [1.165, 1.54) is 13.2 Å². The number of hydrogen-bond donors (Lipinski definition) is 1. The number of carbonyl (C=O) groups excluding carboxylic acids is 1. The molecule has 1 amide bonds. The van der Waals surface area contributed by atoms with E-state index >= 15 is 0 Å². The van der Waals surface area contributed by atoms with Gasteiger partial charge >= 0.3 is 12.1 Å². The molecule has 0 saturated heterocycles. The van der Waals surface area contributed by atoms with Crippen LogP contribution < -0.4 is 4.74 Å². The SMILES string of the molecule is CCN(Cc1ccccc1-c1cc(CC(=O)O)c(C(F)(F)F)cc1OC)C(=O)CCc1ccccc1. The van der Waals surface area contributed by atoms with Crippen molar-refractivity contribution in [1.82, 2.24) is 4.90 Å². The highest BCUT2D eigenvalue weighted by Crippen LogP contribution is 2.41. The molecule has 0 atom stereocenters. The standard InChI is InChI=1S/C28H28F3NO4/c1-3-32(26(33)14-13-19-9-5-4-6-10-19)18-20-11-7-8-12-22(20)23-15-21(16-27(34)35)24(28(29,30)31)17-25(23)36-2/h4-12,15,17H,3,13-14,16,18H2,1-2H3,(H,34,35). The van der Waals surface area contributed by atoms with Crippen molar-refractivity contribution in [3.05, 3.63) is 89.0 Å². The molecule has 0 spiro atoms. The van der Waals surface area contributed by atoms with Crippen molar-refractivity contribution in [2.75, 3.05) is 13.7 Å². The van der Waals surface area contributed by atoms with E-state index in [9.17, 15) is 27.9 Å². The number of hydrogen-bond acceptors (Lipinski definition) is 3. The Kier molecular flexibility index (Phi) is 8.74. The third kappa shape index (κ3) is 6.65. The smallest absolute Gasteiger partial charge is 0.416 e.